The number of rotatable bonds is 6. The molecule has 1 amide bonds. The van der Waals surface area contributed by atoms with Gasteiger partial charge in [0.1, 0.15) is 5.75 Å². The SMILES string of the molecule is COc1ccc(C)cc1CC(=O)N1CCCCC1c1nc(N(C)C)ncc1-c1ccncc1. The highest BCUT2D eigenvalue weighted by Gasteiger charge is 2.32. The molecule has 4 rings (SSSR count). The van der Waals surface area contributed by atoms with Crippen LogP contribution in [0.4, 0.5) is 5.95 Å². The van der Waals surface area contributed by atoms with Crippen LogP contribution < -0.4 is 9.64 Å². The zero-order chi connectivity index (χ0) is 23.4. The summed E-state index contributed by atoms with van der Waals surface area (Å²) >= 11 is 0. The average molecular weight is 446 g/mol. The third-order valence-electron chi connectivity index (χ3n) is 6.11. The van der Waals surface area contributed by atoms with Gasteiger partial charge < -0.3 is 14.5 Å². The summed E-state index contributed by atoms with van der Waals surface area (Å²) in [5.41, 5.74) is 4.87. The zero-order valence-electron chi connectivity index (χ0n) is 19.8. The summed E-state index contributed by atoms with van der Waals surface area (Å²) in [5.74, 6) is 1.48. The van der Waals surface area contributed by atoms with Gasteiger partial charge in [0, 0.05) is 50.4 Å². The van der Waals surface area contributed by atoms with E-state index in [4.69, 9.17) is 9.72 Å². The lowest BCUT2D eigenvalue weighted by molar-refractivity contribution is -0.134. The van der Waals surface area contributed by atoms with Crippen molar-refractivity contribution in [3.8, 4) is 16.9 Å². The first-order chi connectivity index (χ1) is 16.0. The molecule has 1 unspecified atom stereocenters. The third kappa shape index (κ3) is 4.97. The van der Waals surface area contributed by atoms with E-state index in [0.29, 0.717) is 18.9 Å². The normalized spacial score (nSPS) is 15.9. The molecule has 1 aromatic carbocycles. The van der Waals surface area contributed by atoms with Crippen LogP contribution in [0.3, 0.4) is 0 Å². The Balaban J connectivity index is 1.72. The first-order valence-electron chi connectivity index (χ1n) is 11.4. The van der Waals surface area contributed by atoms with Crippen LogP contribution in [0, 0.1) is 6.92 Å². The summed E-state index contributed by atoms with van der Waals surface area (Å²) in [7, 11) is 5.51. The van der Waals surface area contributed by atoms with Crippen LogP contribution in [0.1, 0.15) is 42.1 Å². The number of hydrogen-bond donors (Lipinski definition) is 0. The molecule has 0 radical (unpaired) electrons. The van der Waals surface area contributed by atoms with Crippen molar-refractivity contribution in [3.05, 3.63) is 65.7 Å². The van der Waals surface area contributed by atoms with Gasteiger partial charge in [-0.15, -0.1) is 0 Å². The largest absolute Gasteiger partial charge is 0.496 e. The van der Waals surface area contributed by atoms with Crippen LogP contribution >= 0.6 is 0 Å². The fraction of sp³-hybridized carbons (Fsp3) is 0.385. The van der Waals surface area contributed by atoms with Gasteiger partial charge in [0.2, 0.25) is 11.9 Å². The Morgan fingerprint density at radius 3 is 2.70 bits per heavy atom. The highest BCUT2D eigenvalue weighted by atomic mass is 16.5. The lowest BCUT2D eigenvalue weighted by Crippen LogP contribution is -2.40. The Morgan fingerprint density at radius 2 is 1.97 bits per heavy atom. The number of nitrogens with zero attached hydrogens (tertiary/aromatic N) is 5. The lowest BCUT2D eigenvalue weighted by atomic mass is 9.93. The van der Waals surface area contributed by atoms with Crippen LogP contribution in [0.2, 0.25) is 0 Å². The van der Waals surface area contributed by atoms with Crippen molar-refractivity contribution in [1.82, 2.24) is 19.9 Å². The van der Waals surface area contributed by atoms with Gasteiger partial charge >= 0.3 is 0 Å². The van der Waals surface area contributed by atoms with Gasteiger partial charge in [0.25, 0.3) is 0 Å². The van der Waals surface area contributed by atoms with Crippen molar-refractivity contribution >= 4 is 11.9 Å². The summed E-state index contributed by atoms with van der Waals surface area (Å²) < 4.78 is 5.52. The van der Waals surface area contributed by atoms with E-state index < -0.39 is 0 Å². The van der Waals surface area contributed by atoms with Gasteiger partial charge in [0.05, 0.1) is 25.3 Å². The molecule has 1 aliphatic rings. The highest BCUT2D eigenvalue weighted by Crippen LogP contribution is 2.37. The third-order valence-corrected chi connectivity index (χ3v) is 6.11. The van der Waals surface area contributed by atoms with E-state index >= 15 is 0 Å². The molecule has 1 atom stereocenters. The van der Waals surface area contributed by atoms with Crippen molar-refractivity contribution in [2.24, 2.45) is 0 Å². The maximum atomic E-state index is 13.6. The molecule has 1 fully saturated rings. The number of likely N-dealkylation sites (tertiary alicyclic amines) is 1. The van der Waals surface area contributed by atoms with Crippen molar-refractivity contribution < 1.29 is 9.53 Å². The minimum atomic E-state index is -0.105. The standard InChI is InChI=1S/C26H31N5O2/c1-18-8-9-23(33-4)20(15-18)16-24(32)31-14-6-5-7-22(31)25-21(19-10-12-27-13-11-19)17-28-26(29-25)30(2)3/h8-13,15,17,22H,5-7,14,16H2,1-4H3. The van der Waals surface area contributed by atoms with E-state index in [0.717, 1.165) is 53.0 Å². The fourth-order valence-electron chi connectivity index (χ4n) is 4.43. The quantitative estimate of drug-likeness (QED) is 0.566. The molecule has 0 bridgehead atoms. The first-order valence-corrected chi connectivity index (χ1v) is 11.4. The summed E-state index contributed by atoms with van der Waals surface area (Å²) in [6.07, 6.45) is 8.63. The van der Waals surface area contributed by atoms with Crippen molar-refractivity contribution in [2.45, 2.75) is 38.6 Å². The monoisotopic (exact) mass is 445 g/mol. The number of carbonyl (C=O) groups is 1. The molecule has 7 heteroatoms. The summed E-state index contributed by atoms with van der Waals surface area (Å²) in [6.45, 7) is 2.75. The molecule has 33 heavy (non-hydrogen) atoms. The summed E-state index contributed by atoms with van der Waals surface area (Å²) in [6, 6.07) is 9.79. The highest BCUT2D eigenvalue weighted by molar-refractivity contribution is 5.80. The second kappa shape index (κ2) is 9.98. The number of pyridine rings is 1. The predicted molar refractivity (Wildman–Crippen MR) is 129 cm³/mol. The number of anilines is 1. The smallest absolute Gasteiger partial charge is 0.227 e. The molecule has 3 heterocycles. The van der Waals surface area contributed by atoms with Gasteiger partial charge in [-0.2, -0.15) is 0 Å². The van der Waals surface area contributed by atoms with Crippen LogP contribution in [-0.4, -0.2) is 53.5 Å². The van der Waals surface area contributed by atoms with Crippen LogP contribution in [0.25, 0.3) is 11.1 Å². The van der Waals surface area contributed by atoms with E-state index in [-0.39, 0.29) is 11.9 Å². The van der Waals surface area contributed by atoms with Gasteiger partial charge in [-0.05, 0) is 49.9 Å². The molecule has 0 N–H and O–H groups in total. The number of hydrogen-bond acceptors (Lipinski definition) is 6. The van der Waals surface area contributed by atoms with E-state index in [1.807, 2.05) is 67.3 Å². The molecule has 1 saturated heterocycles. The zero-order valence-corrected chi connectivity index (χ0v) is 19.8. The minimum Gasteiger partial charge on any atom is -0.496 e. The number of ether oxygens (including phenoxy) is 1. The van der Waals surface area contributed by atoms with E-state index in [2.05, 4.69) is 9.97 Å². The molecule has 172 valence electrons. The van der Waals surface area contributed by atoms with E-state index in [9.17, 15) is 4.79 Å². The van der Waals surface area contributed by atoms with Gasteiger partial charge in [-0.1, -0.05) is 17.7 Å². The molecule has 3 aromatic rings. The Morgan fingerprint density at radius 1 is 1.18 bits per heavy atom. The second-order valence-electron chi connectivity index (χ2n) is 8.69. The number of aryl methyl sites for hydroxylation is 1. The second-order valence-corrected chi connectivity index (χ2v) is 8.69. The van der Waals surface area contributed by atoms with Crippen molar-refractivity contribution in [2.75, 3.05) is 32.6 Å². The molecule has 0 saturated carbocycles. The molecule has 1 aliphatic heterocycles. The van der Waals surface area contributed by atoms with Crippen LogP contribution in [-0.2, 0) is 11.2 Å². The summed E-state index contributed by atoms with van der Waals surface area (Å²) in [4.78, 5) is 31.1. The molecule has 7 nitrogen and oxygen atoms in total. The van der Waals surface area contributed by atoms with Gasteiger partial charge in [-0.3, -0.25) is 9.78 Å². The maximum Gasteiger partial charge on any atom is 0.227 e. The number of carbonyl (C=O) groups excluding carboxylic acids is 1. The van der Waals surface area contributed by atoms with E-state index in [1.54, 1.807) is 19.5 Å². The molecule has 0 aliphatic carbocycles. The number of amides is 1. The number of piperidine rings is 1. The minimum absolute atomic E-state index is 0.0919. The summed E-state index contributed by atoms with van der Waals surface area (Å²) in [5, 5.41) is 0. The molecular weight excluding hydrogens is 414 g/mol. The number of aromatic nitrogens is 3. The van der Waals surface area contributed by atoms with Gasteiger partial charge in [0.15, 0.2) is 0 Å². The van der Waals surface area contributed by atoms with Crippen LogP contribution in [0.5, 0.6) is 5.75 Å². The van der Waals surface area contributed by atoms with Gasteiger partial charge in [-0.25, -0.2) is 9.97 Å². The molecule has 2 aromatic heterocycles. The number of benzene rings is 1. The average Bonchev–Trinajstić information content (AvgIpc) is 2.84. The first kappa shape index (κ1) is 22.7. The fourth-order valence-corrected chi connectivity index (χ4v) is 4.43. The Hall–Kier alpha value is -3.48. The molecular formula is C26H31N5O2. The molecule has 0 spiro atoms. The van der Waals surface area contributed by atoms with E-state index in [1.165, 1.54) is 0 Å². The Bertz CT molecular complexity index is 1120. The van der Waals surface area contributed by atoms with Crippen molar-refractivity contribution in [1.29, 1.82) is 0 Å². The maximum absolute atomic E-state index is 13.6. The predicted octanol–water partition coefficient (Wildman–Crippen LogP) is 4.22. The number of methoxy groups -OCH3 is 1. The topological polar surface area (TPSA) is 71.5 Å². The lowest BCUT2D eigenvalue weighted by Gasteiger charge is -2.36. The van der Waals surface area contributed by atoms with Crippen molar-refractivity contribution in [3.63, 3.8) is 0 Å². The Kier molecular flexibility index (Phi) is 6.87. The van der Waals surface area contributed by atoms with Crippen LogP contribution in [0.15, 0.2) is 48.9 Å². The Labute approximate surface area is 195 Å².